The van der Waals surface area contributed by atoms with Gasteiger partial charge in [-0.3, -0.25) is 4.79 Å². The number of carbonyl (C=O) groups is 1. The lowest BCUT2D eigenvalue weighted by molar-refractivity contribution is -0.148. The van der Waals surface area contributed by atoms with Crippen molar-refractivity contribution in [3.05, 3.63) is 0 Å². The van der Waals surface area contributed by atoms with Crippen molar-refractivity contribution >= 4 is 5.97 Å². The number of nitrogens with zero attached hydrogens (tertiary/aromatic N) is 1. The molecule has 17 heavy (non-hydrogen) atoms. The van der Waals surface area contributed by atoms with Crippen molar-refractivity contribution in [3.8, 4) is 0 Å². The number of aliphatic hydroxyl groups is 1. The van der Waals surface area contributed by atoms with Gasteiger partial charge < -0.3 is 14.7 Å². The number of esters is 1. The molecule has 0 amide bonds. The maximum atomic E-state index is 10.8. The van der Waals surface area contributed by atoms with E-state index in [4.69, 9.17) is 4.74 Å². The number of hydrogen-bond donors (Lipinski definition) is 1. The molecule has 0 radical (unpaired) electrons. The standard InChI is InChI=1S/C13H25NO3/c1-4-13(16,5-2)10-14-8-6-12(7-9-14)17-11(3)15/h12,16H,4-10H2,1-3H3. The van der Waals surface area contributed by atoms with Gasteiger partial charge in [-0.25, -0.2) is 0 Å². The molecule has 0 aromatic heterocycles. The molecule has 4 heteroatoms. The highest BCUT2D eigenvalue weighted by atomic mass is 16.5. The van der Waals surface area contributed by atoms with Gasteiger partial charge in [-0.1, -0.05) is 13.8 Å². The quantitative estimate of drug-likeness (QED) is 0.745. The average molecular weight is 243 g/mol. The van der Waals surface area contributed by atoms with Gasteiger partial charge in [0.1, 0.15) is 6.10 Å². The minimum absolute atomic E-state index is 0.0695. The number of likely N-dealkylation sites (tertiary alicyclic amines) is 1. The molecule has 0 atom stereocenters. The lowest BCUT2D eigenvalue weighted by Crippen LogP contribution is -2.46. The smallest absolute Gasteiger partial charge is 0.302 e. The van der Waals surface area contributed by atoms with Gasteiger partial charge in [0.25, 0.3) is 0 Å². The van der Waals surface area contributed by atoms with Crippen LogP contribution in [0.5, 0.6) is 0 Å². The van der Waals surface area contributed by atoms with E-state index in [9.17, 15) is 9.90 Å². The number of β-amino-alcohol motifs (C(OH)–C–C–N with tert-alkyl or cyclic N) is 1. The Balaban J connectivity index is 2.34. The van der Waals surface area contributed by atoms with E-state index in [1.165, 1.54) is 6.92 Å². The Hall–Kier alpha value is -0.610. The Bertz CT molecular complexity index is 243. The van der Waals surface area contributed by atoms with Crippen molar-refractivity contribution in [2.24, 2.45) is 0 Å². The lowest BCUT2D eigenvalue weighted by atomic mass is 9.95. The third-order valence-electron chi connectivity index (χ3n) is 3.70. The van der Waals surface area contributed by atoms with Crippen LogP contribution in [-0.2, 0) is 9.53 Å². The first kappa shape index (κ1) is 14.5. The van der Waals surface area contributed by atoms with Crippen LogP contribution in [0.25, 0.3) is 0 Å². The fourth-order valence-corrected chi connectivity index (χ4v) is 2.31. The fourth-order valence-electron chi connectivity index (χ4n) is 2.31. The summed E-state index contributed by atoms with van der Waals surface area (Å²) in [5.41, 5.74) is -0.561. The van der Waals surface area contributed by atoms with E-state index in [-0.39, 0.29) is 12.1 Å². The summed E-state index contributed by atoms with van der Waals surface area (Å²) < 4.78 is 5.19. The fraction of sp³-hybridized carbons (Fsp3) is 0.923. The summed E-state index contributed by atoms with van der Waals surface area (Å²) in [4.78, 5) is 13.1. The molecule has 0 unspecified atom stereocenters. The summed E-state index contributed by atoms with van der Waals surface area (Å²) in [5.74, 6) is -0.193. The maximum Gasteiger partial charge on any atom is 0.302 e. The largest absolute Gasteiger partial charge is 0.462 e. The third kappa shape index (κ3) is 4.64. The molecule has 1 N–H and O–H groups in total. The Morgan fingerprint density at radius 3 is 2.29 bits per heavy atom. The van der Waals surface area contributed by atoms with Crippen LogP contribution < -0.4 is 0 Å². The summed E-state index contributed by atoms with van der Waals surface area (Å²) in [6.07, 6.45) is 3.40. The molecule has 1 fully saturated rings. The first-order valence-electron chi connectivity index (χ1n) is 6.61. The highest BCUT2D eigenvalue weighted by Gasteiger charge is 2.28. The molecule has 0 spiro atoms. The van der Waals surface area contributed by atoms with Gasteiger partial charge in [-0.15, -0.1) is 0 Å². The first-order chi connectivity index (χ1) is 7.99. The zero-order valence-corrected chi connectivity index (χ0v) is 11.2. The SMILES string of the molecule is CCC(O)(CC)CN1CCC(OC(C)=O)CC1. The van der Waals surface area contributed by atoms with Crippen molar-refractivity contribution < 1.29 is 14.6 Å². The van der Waals surface area contributed by atoms with Crippen molar-refractivity contribution in [2.75, 3.05) is 19.6 Å². The molecule has 0 saturated carbocycles. The van der Waals surface area contributed by atoms with Gasteiger partial charge in [-0.2, -0.15) is 0 Å². The predicted molar refractivity (Wildman–Crippen MR) is 66.8 cm³/mol. The second-order valence-electron chi connectivity index (χ2n) is 5.02. The Labute approximate surface area is 104 Å². The van der Waals surface area contributed by atoms with Crippen LogP contribution in [0.15, 0.2) is 0 Å². The van der Waals surface area contributed by atoms with Crippen LogP contribution in [0.2, 0.25) is 0 Å². The number of rotatable bonds is 5. The van der Waals surface area contributed by atoms with Crippen LogP contribution in [0.4, 0.5) is 0 Å². The summed E-state index contributed by atoms with van der Waals surface area (Å²) in [6, 6.07) is 0. The monoisotopic (exact) mass is 243 g/mol. The zero-order valence-electron chi connectivity index (χ0n) is 11.2. The van der Waals surface area contributed by atoms with E-state index in [1.807, 2.05) is 13.8 Å². The summed E-state index contributed by atoms with van der Waals surface area (Å²) in [5, 5.41) is 10.3. The van der Waals surface area contributed by atoms with Crippen molar-refractivity contribution in [1.29, 1.82) is 0 Å². The Kier molecular flexibility index (Phi) is 5.40. The molecular weight excluding hydrogens is 218 g/mol. The van der Waals surface area contributed by atoms with E-state index in [0.717, 1.165) is 45.3 Å². The second kappa shape index (κ2) is 6.36. The highest BCUT2D eigenvalue weighted by molar-refractivity contribution is 5.66. The van der Waals surface area contributed by atoms with E-state index in [2.05, 4.69) is 4.90 Å². The number of hydrogen-bond acceptors (Lipinski definition) is 4. The minimum Gasteiger partial charge on any atom is -0.462 e. The van der Waals surface area contributed by atoms with E-state index < -0.39 is 5.60 Å². The predicted octanol–water partition coefficient (Wildman–Crippen LogP) is 1.57. The first-order valence-corrected chi connectivity index (χ1v) is 6.61. The molecule has 1 aliphatic heterocycles. The van der Waals surface area contributed by atoms with Gasteiger partial charge in [-0.05, 0) is 25.7 Å². The zero-order chi connectivity index (χ0) is 12.9. The molecular formula is C13H25NO3. The molecule has 1 saturated heterocycles. The maximum absolute atomic E-state index is 10.8. The summed E-state index contributed by atoms with van der Waals surface area (Å²) in [7, 11) is 0. The molecule has 0 aromatic carbocycles. The minimum atomic E-state index is -0.561. The number of ether oxygens (including phenoxy) is 1. The molecule has 0 bridgehead atoms. The Morgan fingerprint density at radius 1 is 1.35 bits per heavy atom. The van der Waals surface area contributed by atoms with Crippen LogP contribution in [0.3, 0.4) is 0 Å². The van der Waals surface area contributed by atoms with Crippen LogP contribution >= 0.6 is 0 Å². The topological polar surface area (TPSA) is 49.8 Å². The second-order valence-corrected chi connectivity index (χ2v) is 5.02. The number of carbonyl (C=O) groups excluding carboxylic acids is 1. The van der Waals surface area contributed by atoms with Crippen LogP contribution in [0.1, 0.15) is 46.5 Å². The average Bonchev–Trinajstić information content (AvgIpc) is 2.31. The lowest BCUT2D eigenvalue weighted by Gasteiger charge is -2.37. The Morgan fingerprint density at radius 2 is 1.88 bits per heavy atom. The summed E-state index contributed by atoms with van der Waals surface area (Å²) >= 11 is 0. The van der Waals surface area contributed by atoms with Gasteiger partial charge >= 0.3 is 5.97 Å². The van der Waals surface area contributed by atoms with E-state index in [1.54, 1.807) is 0 Å². The van der Waals surface area contributed by atoms with Gasteiger partial charge in [0.15, 0.2) is 0 Å². The normalized spacial score (nSPS) is 19.3. The van der Waals surface area contributed by atoms with E-state index >= 15 is 0 Å². The van der Waals surface area contributed by atoms with Crippen molar-refractivity contribution in [3.63, 3.8) is 0 Å². The molecule has 1 rings (SSSR count). The van der Waals surface area contributed by atoms with Crippen LogP contribution in [-0.4, -0.2) is 47.3 Å². The van der Waals surface area contributed by atoms with Gasteiger partial charge in [0.2, 0.25) is 0 Å². The van der Waals surface area contributed by atoms with Gasteiger partial charge in [0.05, 0.1) is 5.60 Å². The molecule has 0 aromatic rings. The molecule has 1 heterocycles. The summed E-state index contributed by atoms with van der Waals surface area (Å²) in [6.45, 7) is 8.04. The van der Waals surface area contributed by atoms with Crippen LogP contribution in [0, 0.1) is 0 Å². The molecule has 0 aliphatic carbocycles. The highest BCUT2D eigenvalue weighted by Crippen LogP contribution is 2.20. The molecule has 1 aliphatic rings. The number of piperidine rings is 1. The third-order valence-corrected chi connectivity index (χ3v) is 3.70. The van der Waals surface area contributed by atoms with Crippen molar-refractivity contribution in [2.45, 2.75) is 58.2 Å². The van der Waals surface area contributed by atoms with Gasteiger partial charge in [0, 0.05) is 26.6 Å². The van der Waals surface area contributed by atoms with Crippen molar-refractivity contribution in [1.82, 2.24) is 4.90 Å². The molecule has 100 valence electrons. The van der Waals surface area contributed by atoms with E-state index in [0.29, 0.717) is 0 Å². The molecule has 4 nitrogen and oxygen atoms in total.